The molecule has 1 atom stereocenters. The Labute approximate surface area is 85.5 Å². The van der Waals surface area contributed by atoms with Crippen LogP contribution in [0.4, 0.5) is 5.69 Å². The van der Waals surface area contributed by atoms with Gasteiger partial charge in [-0.1, -0.05) is 18.2 Å². The molecule has 0 saturated carbocycles. The molecule has 1 aromatic carbocycles. The molecule has 0 fully saturated rings. The number of nitrogens with zero attached hydrogens (tertiary/aromatic N) is 1. The Morgan fingerprint density at radius 3 is 2.93 bits per heavy atom. The van der Waals surface area contributed by atoms with Gasteiger partial charge < -0.3 is 9.64 Å². The second kappa shape index (κ2) is 4.01. The molecule has 14 heavy (non-hydrogen) atoms. The molecule has 0 radical (unpaired) electrons. The van der Waals surface area contributed by atoms with E-state index in [9.17, 15) is 0 Å². The molecule has 0 saturated heterocycles. The fourth-order valence-corrected chi connectivity index (χ4v) is 2.17. The number of hydrogen-bond acceptors (Lipinski definition) is 2. The van der Waals surface area contributed by atoms with Gasteiger partial charge in [0, 0.05) is 31.5 Å². The summed E-state index contributed by atoms with van der Waals surface area (Å²) >= 11 is 0. The van der Waals surface area contributed by atoms with Crippen LogP contribution in [0.25, 0.3) is 0 Å². The van der Waals surface area contributed by atoms with Crippen molar-refractivity contribution in [2.75, 3.05) is 25.1 Å². The van der Waals surface area contributed by atoms with E-state index in [4.69, 9.17) is 4.74 Å². The molecule has 1 heterocycles. The summed E-state index contributed by atoms with van der Waals surface area (Å²) in [4.78, 5) is 2.41. The zero-order chi connectivity index (χ0) is 9.97. The highest BCUT2D eigenvalue weighted by Gasteiger charge is 2.23. The van der Waals surface area contributed by atoms with Gasteiger partial charge in [-0.15, -0.1) is 0 Å². The third kappa shape index (κ3) is 1.50. The van der Waals surface area contributed by atoms with Crippen molar-refractivity contribution in [1.82, 2.24) is 0 Å². The van der Waals surface area contributed by atoms with Gasteiger partial charge in [-0.3, -0.25) is 0 Å². The minimum Gasteiger partial charge on any atom is -0.377 e. The molecule has 0 amide bonds. The van der Waals surface area contributed by atoms with Crippen LogP contribution in [0.3, 0.4) is 0 Å². The van der Waals surface area contributed by atoms with Crippen LogP contribution in [-0.2, 0) is 4.74 Å². The Kier molecular flexibility index (Phi) is 2.73. The van der Waals surface area contributed by atoms with Crippen molar-refractivity contribution < 1.29 is 4.74 Å². The SMILES string of the molecule is CCN1CCC(OC)c2ccccc21. The first-order valence-electron chi connectivity index (χ1n) is 5.23. The Balaban J connectivity index is 2.38. The van der Waals surface area contributed by atoms with Gasteiger partial charge in [0.25, 0.3) is 0 Å². The van der Waals surface area contributed by atoms with Crippen molar-refractivity contribution in [1.29, 1.82) is 0 Å². The van der Waals surface area contributed by atoms with Gasteiger partial charge in [0.2, 0.25) is 0 Å². The first-order chi connectivity index (χ1) is 6.86. The van der Waals surface area contributed by atoms with E-state index in [1.165, 1.54) is 11.3 Å². The second-order valence-electron chi connectivity index (χ2n) is 3.65. The molecule has 2 heteroatoms. The topological polar surface area (TPSA) is 12.5 Å². The standard InChI is InChI=1S/C12H17NO/c1-3-13-9-8-12(14-2)10-6-4-5-7-11(10)13/h4-7,12H,3,8-9H2,1-2H3. The van der Waals surface area contributed by atoms with Crippen LogP contribution in [0, 0.1) is 0 Å². The summed E-state index contributed by atoms with van der Waals surface area (Å²) in [6, 6.07) is 8.54. The minimum atomic E-state index is 0.286. The average molecular weight is 191 g/mol. The first kappa shape index (κ1) is 9.53. The maximum Gasteiger partial charge on any atom is 0.0857 e. The summed E-state index contributed by atoms with van der Waals surface area (Å²) < 4.78 is 5.48. The van der Waals surface area contributed by atoms with Gasteiger partial charge >= 0.3 is 0 Å². The Morgan fingerprint density at radius 2 is 2.21 bits per heavy atom. The molecule has 1 aliphatic rings. The summed E-state index contributed by atoms with van der Waals surface area (Å²) in [6.45, 7) is 4.38. The largest absolute Gasteiger partial charge is 0.377 e. The van der Waals surface area contributed by atoms with E-state index in [1.807, 2.05) is 0 Å². The Hall–Kier alpha value is -1.02. The normalized spacial score (nSPS) is 20.7. The zero-order valence-electron chi connectivity index (χ0n) is 8.86. The molecule has 0 bridgehead atoms. The molecule has 0 aromatic heterocycles. The van der Waals surface area contributed by atoms with Gasteiger partial charge in [0.1, 0.15) is 0 Å². The van der Waals surface area contributed by atoms with E-state index >= 15 is 0 Å². The monoisotopic (exact) mass is 191 g/mol. The van der Waals surface area contributed by atoms with Gasteiger partial charge in [-0.2, -0.15) is 0 Å². The second-order valence-corrected chi connectivity index (χ2v) is 3.65. The number of benzene rings is 1. The van der Waals surface area contributed by atoms with Crippen molar-refractivity contribution in [2.45, 2.75) is 19.4 Å². The number of fused-ring (bicyclic) bond motifs is 1. The molecular weight excluding hydrogens is 174 g/mol. The molecule has 76 valence electrons. The van der Waals surface area contributed by atoms with Gasteiger partial charge in [0.15, 0.2) is 0 Å². The number of anilines is 1. The summed E-state index contributed by atoms with van der Waals surface area (Å²) in [6.07, 6.45) is 1.38. The molecule has 2 rings (SSSR count). The molecule has 0 aliphatic carbocycles. The maximum atomic E-state index is 5.48. The summed E-state index contributed by atoms with van der Waals surface area (Å²) in [5.41, 5.74) is 2.68. The fraction of sp³-hybridized carbons (Fsp3) is 0.500. The van der Waals surface area contributed by atoms with Crippen LogP contribution in [0.15, 0.2) is 24.3 Å². The van der Waals surface area contributed by atoms with Crippen molar-refractivity contribution in [3.05, 3.63) is 29.8 Å². The summed E-state index contributed by atoms with van der Waals surface area (Å²) in [5, 5.41) is 0. The highest BCUT2D eigenvalue weighted by molar-refractivity contribution is 5.56. The quantitative estimate of drug-likeness (QED) is 0.712. The first-order valence-corrected chi connectivity index (χ1v) is 5.23. The lowest BCUT2D eigenvalue weighted by atomic mass is 9.99. The molecule has 2 nitrogen and oxygen atoms in total. The van der Waals surface area contributed by atoms with Crippen molar-refractivity contribution in [3.63, 3.8) is 0 Å². The number of methoxy groups -OCH3 is 1. The van der Waals surface area contributed by atoms with E-state index in [1.54, 1.807) is 7.11 Å². The van der Waals surface area contributed by atoms with E-state index in [2.05, 4.69) is 36.1 Å². The van der Waals surface area contributed by atoms with Crippen LogP contribution in [-0.4, -0.2) is 20.2 Å². The molecule has 0 N–H and O–H groups in total. The molecule has 1 unspecified atom stereocenters. The fourth-order valence-electron chi connectivity index (χ4n) is 2.17. The lowest BCUT2D eigenvalue weighted by Gasteiger charge is -2.34. The van der Waals surface area contributed by atoms with Crippen LogP contribution in [0.1, 0.15) is 25.0 Å². The highest BCUT2D eigenvalue weighted by atomic mass is 16.5. The van der Waals surface area contributed by atoms with Gasteiger partial charge in [0.05, 0.1) is 6.10 Å². The zero-order valence-corrected chi connectivity index (χ0v) is 8.86. The lowest BCUT2D eigenvalue weighted by Crippen LogP contribution is -2.31. The van der Waals surface area contributed by atoms with Crippen LogP contribution >= 0.6 is 0 Å². The van der Waals surface area contributed by atoms with E-state index < -0.39 is 0 Å². The van der Waals surface area contributed by atoms with E-state index in [-0.39, 0.29) is 6.10 Å². The Morgan fingerprint density at radius 1 is 1.43 bits per heavy atom. The Bertz CT molecular complexity index is 280. The minimum absolute atomic E-state index is 0.286. The van der Waals surface area contributed by atoms with Crippen molar-refractivity contribution in [3.8, 4) is 0 Å². The summed E-state index contributed by atoms with van der Waals surface area (Å²) in [5.74, 6) is 0. The average Bonchev–Trinajstić information content (AvgIpc) is 2.27. The molecule has 1 aromatic rings. The molecule has 1 aliphatic heterocycles. The highest BCUT2D eigenvalue weighted by Crippen LogP contribution is 2.34. The number of hydrogen-bond donors (Lipinski definition) is 0. The van der Waals surface area contributed by atoms with Crippen molar-refractivity contribution in [2.24, 2.45) is 0 Å². The number of para-hydroxylation sites is 1. The van der Waals surface area contributed by atoms with Gasteiger partial charge in [-0.05, 0) is 19.4 Å². The van der Waals surface area contributed by atoms with Crippen LogP contribution in [0.2, 0.25) is 0 Å². The van der Waals surface area contributed by atoms with Crippen molar-refractivity contribution >= 4 is 5.69 Å². The van der Waals surface area contributed by atoms with Crippen LogP contribution < -0.4 is 4.90 Å². The predicted molar refractivity (Wildman–Crippen MR) is 58.7 cm³/mol. The summed E-state index contributed by atoms with van der Waals surface area (Å²) in [7, 11) is 1.79. The van der Waals surface area contributed by atoms with Crippen LogP contribution in [0.5, 0.6) is 0 Å². The third-order valence-electron chi connectivity index (χ3n) is 2.95. The molecule has 0 spiro atoms. The third-order valence-corrected chi connectivity index (χ3v) is 2.95. The number of rotatable bonds is 2. The van der Waals surface area contributed by atoms with E-state index in [0.717, 1.165) is 19.5 Å². The maximum absolute atomic E-state index is 5.48. The van der Waals surface area contributed by atoms with E-state index in [0.29, 0.717) is 0 Å². The lowest BCUT2D eigenvalue weighted by molar-refractivity contribution is 0.0938. The molecular formula is C12H17NO. The van der Waals surface area contributed by atoms with Gasteiger partial charge in [-0.25, -0.2) is 0 Å². The number of ether oxygens (including phenoxy) is 1. The smallest absolute Gasteiger partial charge is 0.0857 e. The predicted octanol–water partition coefficient (Wildman–Crippen LogP) is 2.60.